The Hall–Kier alpha value is -2.69. The lowest BCUT2D eigenvalue weighted by atomic mass is 9.94. The van der Waals surface area contributed by atoms with E-state index in [0.29, 0.717) is 5.92 Å². The molecular weight excluding hydrogens is 348 g/mol. The molecule has 2 aromatic heterocycles. The normalized spacial score (nSPS) is 15.4. The number of rotatable bonds is 3. The van der Waals surface area contributed by atoms with Crippen LogP contribution in [0.3, 0.4) is 0 Å². The number of aromatic nitrogens is 3. The third kappa shape index (κ3) is 3.30. The zero-order valence-electron chi connectivity index (χ0n) is 17.2. The molecule has 5 nitrogen and oxygen atoms in total. The first-order valence-electron chi connectivity index (χ1n) is 10.2. The number of aryl methyl sites for hydroxylation is 2. The second-order valence-electron chi connectivity index (χ2n) is 8.04. The van der Waals surface area contributed by atoms with Gasteiger partial charge >= 0.3 is 0 Å². The van der Waals surface area contributed by atoms with Crippen molar-refractivity contribution >= 4 is 16.8 Å². The maximum atomic E-state index is 13.6. The number of carbonyl (C=O) groups is 1. The minimum absolute atomic E-state index is 0.131. The van der Waals surface area contributed by atoms with E-state index in [0.717, 1.165) is 71.3 Å². The van der Waals surface area contributed by atoms with Gasteiger partial charge in [0.25, 0.3) is 5.91 Å². The van der Waals surface area contributed by atoms with Crippen LogP contribution in [0.1, 0.15) is 48.2 Å². The number of nitrogens with zero attached hydrogens (tertiary/aromatic N) is 4. The van der Waals surface area contributed by atoms with Gasteiger partial charge in [0.05, 0.1) is 23.0 Å². The first-order valence-corrected chi connectivity index (χ1v) is 10.2. The van der Waals surface area contributed by atoms with Crippen molar-refractivity contribution in [3.63, 3.8) is 0 Å². The average Bonchev–Trinajstić information content (AvgIpc) is 3.17. The summed E-state index contributed by atoms with van der Waals surface area (Å²) in [6, 6.07) is 6.17. The molecule has 3 aromatic rings. The standard InChI is InChI=1S/C23H28N4O/c1-5-27-14-18(13-24-27)22-17(4)21(19-12-16(3)6-7-20(19)25-22)23(28)26-10-8-15(2)9-11-26/h6-7,12-15H,5,8-11H2,1-4H3. The molecule has 0 unspecified atom stereocenters. The van der Waals surface area contributed by atoms with E-state index in [2.05, 4.69) is 38.0 Å². The van der Waals surface area contributed by atoms with Crippen LogP contribution in [0.15, 0.2) is 30.6 Å². The zero-order valence-corrected chi connectivity index (χ0v) is 17.2. The van der Waals surface area contributed by atoms with Crippen LogP contribution in [0, 0.1) is 19.8 Å². The fourth-order valence-corrected chi connectivity index (χ4v) is 4.06. The number of pyridine rings is 1. The van der Waals surface area contributed by atoms with Gasteiger partial charge < -0.3 is 4.90 Å². The van der Waals surface area contributed by atoms with Crippen molar-refractivity contribution in [2.24, 2.45) is 5.92 Å². The largest absolute Gasteiger partial charge is 0.339 e. The summed E-state index contributed by atoms with van der Waals surface area (Å²) in [6.07, 6.45) is 5.99. The topological polar surface area (TPSA) is 51.0 Å². The summed E-state index contributed by atoms with van der Waals surface area (Å²) >= 11 is 0. The Morgan fingerprint density at radius 1 is 1.21 bits per heavy atom. The van der Waals surface area contributed by atoms with Gasteiger partial charge in [-0.1, -0.05) is 18.6 Å². The second-order valence-corrected chi connectivity index (χ2v) is 8.04. The molecule has 4 rings (SSSR count). The number of amides is 1. The number of piperidine rings is 1. The quantitative estimate of drug-likeness (QED) is 0.671. The van der Waals surface area contributed by atoms with Gasteiger partial charge in [0.15, 0.2) is 0 Å². The highest BCUT2D eigenvalue weighted by Gasteiger charge is 2.26. The fourth-order valence-electron chi connectivity index (χ4n) is 4.06. The minimum atomic E-state index is 0.131. The molecule has 0 aliphatic carbocycles. The predicted octanol–water partition coefficient (Wildman–Crippen LogP) is 4.61. The van der Waals surface area contributed by atoms with Crippen LogP contribution in [0.2, 0.25) is 0 Å². The number of fused-ring (bicyclic) bond motifs is 1. The Bertz CT molecular complexity index is 1030. The van der Waals surface area contributed by atoms with E-state index in [-0.39, 0.29) is 5.91 Å². The van der Waals surface area contributed by atoms with Crippen LogP contribution >= 0.6 is 0 Å². The van der Waals surface area contributed by atoms with E-state index in [9.17, 15) is 4.79 Å². The van der Waals surface area contributed by atoms with Gasteiger partial charge in [-0.3, -0.25) is 9.48 Å². The van der Waals surface area contributed by atoms with E-state index < -0.39 is 0 Å². The Balaban J connectivity index is 1.88. The first-order chi connectivity index (χ1) is 13.5. The highest BCUT2D eigenvalue weighted by atomic mass is 16.2. The van der Waals surface area contributed by atoms with Crippen molar-refractivity contribution < 1.29 is 4.79 Å². The summed E-state index contributed by atoms with van der Waals surface area (Å²) in [5.41, 5.74) is 5.55. The van der Waals surface area contributed by atoms with Gasteiger partial charge in [-0.25, -0.2) is 4.98 Å². The van der Waals surface area contributed by atoms with Gasteiger partial charge in [0.1, 0.15) is 0 Å². The number of likely N-dealkylation sites (tertiary alicyclic amines) is 1. The molecule has 1 aliphatic rings. The van der Waals surface area contributed by atoms with Gasteiger partial charge in [-0.2, -0.15) is 5.10 Å². The van der Waals surface area contributed by atoms with Crippen molar-refractivity contribution in [2.75, 3.05) is 13.1 Å². The van der Waals surface area contributed by atoms with Gasteiger partial charge in [-0.05, 0) is 57.2 Å². The lowest BCUT2D eigenvalue weighted by molar-refractivity contribution is 0.0698. The van der Waals surface area contributed by atoms with E-state index >= 15 is 0 Å². The van der Waals surface area contributed by atoms with Crippen molar-refractivity contribution in [2.45, 2.75) is 47.1 Å². The Labute approximate surface area is 166 Å². The van der Waals surface area contributed by atoms with E-state index in [1.807, 2.05) is 35.0 Å². The minimum Gasteiger partial charge on any atom is -0.339 e. The summed E-state index contributed by atoms with van der Waals surface area (Å²) < 4.78 is 1.89. The molecule has 0 spiro atoms. The van der Waals surface area contributed by atoms with Crippen LogP contribution < -0.4 is 0 Å². The molecule has 3 heterocycles. The lowest BCUT2D eigenvalue weighted by Gasteiger charge is -2.31. The molecule has 5 heteroatoms. The maximum absolute atomic E-state index is 13.6. The fraction of sp³-hybridized carbons (Fsp3) is 0.435. The van der Waals surface area contributed by atoms with Gasteiger partial charge in [-0.15, -0.1) is 0 Å². The second kappa shape index (κ2) is 7.38. The molecule has 1 amide bonds. The molecule has 28 heavy (non-hydrogen) atoms. The van der Waals surface area contributed by atoms with Gasteiger partial charge in [0, 0.05) is 36.8 Å². The Morgan fingerprint density at radius 2 is 1.96 bits per heavy atom. The molecule has 1 aromatic carbocycles. The van der Waals surface area contributed by atoms with Crippen LogP contribution in [0.5, 0.6) is 0 Å². The molecule has 0 radical (unpaired) electrons. The number of hydrogen-bond acceptors (Lipinski definition) is 3. The molecule has 0 N–H and O–H groups in total. The van der Waals surface area contributed by atoms with Crippen molar-refractivity contribution in [1.29, 1.82) is 0 Å². The van der Waals surface area contributed by atoms with Crippen LogP contribution in [-0.2, 0) is 6.54 Å². The Kier molecular flexibility index (Phi) is 4.92. The smallest absolute Gasteiger partial charge is 0.254 e. The van der Waals surface area contributed by atoms with Crippen LogP contribution in [0.4, 0.5) is 0 Å². The summed E-state index contributed by atoms with van der Waals surface area (Å²) in [6.45, 7) is 10.9. The van der Waals surface area contributed by atoms with Gasteiger partial charge in [0.2, 0.25) is 0 Å². The summed E-state index contributed by atoms with van der Waals surface area (Å²) in [5.74, 6) is 0.823. The highest BCUT2D eigenvalue weighted by Crippen LogP contribution is 2.32. The average molecular weight is 377 g/mol. The predicted molar refractivity (Wildman–Crippen MR) is 112 cm³/mol. The lowest BCUT2D eigenvalue weighted by Crippen LogP contribution is -2.38. The van der Waals surface area contributed by atoms with E-state index in [1.165, 1.54) is 0 Å². The van der Waals surface area contributed by atoms with Crippen molar-refractivity contribution in [3.8, 4) is 11.3 Å². The van der Waals surface area contributed by atoms with E-state index in [4.69, 9.17) is 4.98 Å². The molecule has 1 aliphatic heterocycles. The molecular formula is C23H28N4O. The number of carbonyl (C=O) groups excluding carboxylic acids is 1. The van der Waals surface area contributed by atoms with E-state index in [1.54, 1.807) is 0 Å². The van der Waals surface area contributed by atoms with Crippen molar-refractivity contribution in [3.05, 3.63) is 47.3 Å². The maximum Gasteiger partial charge on any atom is 0.254 e. The third-order valence-electron chi connectivity index (χ3n) is 5.90. The summed E-state index contributed by atoms with van der Waals surface area (Å²) in [4.78, 5) is 20.5. The molecule has 0 saturated carbocycles. The summed E-state index contributed by atoms with van der Waals surface area (Å²) in [5, 5.41) is 5.35. The van der Waals surface area contributed by atoms with Crippen molar-refractivity contribution in [1.82, 2.24) is 19.7 Å². The zero-order chi connectivity index (χ0) is 19.8. The molecule has 146 valence electrons. The first kappa shape index (κ1) is 18.7. The molecule has 0 bridgehead atoms. The van der Waals surface area contributed by atoms with Crippen LogP contribution in [-0.4, -0.2) is 38.7 Å². The van der Waals surface area contributed by atoms with Crippen LogP contribution in [0.25, 0.3) is 22.2 Å². The number of benzene rings is 1. The monoisotopic (exact) mass is 376 g/mol. The Morgan fingerprint density at radius 3 is 2.64 bits per heavy atom. The number of hydrogen-bond donors (Lipinski definition) is 0. The summed E-state index contributed by atoms with van der Waals surface area (Å²) in [7, 11) is 0. The highest BCUT2D eigenvalue weighted by molar-refractivity contribution is 6.09. The molecule has 1 fully saturated rings. The SMILES string of the molecule is CCn1cc(-c2nc3ccc(C)cc3c(C(=O)N3CCC(C)CC3)c2C)cn1. The molecule has 1 saturated heterocycles. The molecule has 0 atom stereocenters. The third-order valence-corrected chi connectivity index (χ3v) is 5.90.